The molecule has 0 spiro atoms. The number of aromatic carboxylic acids is 1. The number of carboxylic acid groups (broad SMARTS) is 1. The first-order valence-corrected chi connectivity index (χ1v) is 10.1. The third-order valence-electron chi connectivity index (χ3n) is 5.67. The number of anilines is 1. The molecule has 2 aromatic carbocycles. The predicted octanol–water partition coefficient (Wildman–Crippen LogP) is 6.16. The average Bonchev–Trinajstić information content (AvgIpc) is 2.78. The maximum absolute atomic E-state index is 14.2. The standard InChI is InChI=1S/C22H18F7NO4/c23-16-14(17(24)19(26)15(18(16)25)22(27,28)29)8-30-11-6-12(10-4-2-1-3-5-10)20(34-9-31)13(7-11)21(32)33/h6-7,9-10,30H,1-5,8H2,(H,32,33). The highest BCUT2D eigenvalue weighted by atomic mass is 19.4. The first-order chi connectivity index (χ1) is 16.0. The Bertz CT molecular complexity index is 1080. The van der Waals surface area contributed by atoms with Gasteiger partial charge in [-0.05, 0) is 30.9 Å². The van der Waals surface area contributed by atoms with Crippen molar-refractivity contribution >= 4 is 18.1 Å². The number of carboxylic acids is 1. The van der Waals surface area contributed by atoms with Crippen molar-refractivity contribution in [2.24, 2.45) is 0 Å². The quantitative estimate of drug-likeness (QED) is 0.275. The number of ether oxygens (including phenoxy) is 1. The molecule has 1 aliphatic rings. The Hall–Kier alpha value is -3.31. The van der Waals surface area contributed by atoms with Crippen molar-refractivity contribution in [1.29, 1.82) is 0 Å². The summed E-state index contributed by atoms with van der Waals surface area (Å²) in [4.78, 5) is 22.7. The molecule has 1 saturated carbocycles. The molecule has 1 aliphatic carbocycles. The zero-order chi connectivity index (χ0) is 25.2. The Kier molecular flexibility index (Phi) is 7.37. The topological polar surface area (TPSA) is 75.6 Å². The normalized spacial score (nSPS) is 14.7. The molecule has 184 valence electrons. The van der Waals surface area contributed by atoms with Crippen LogP contribution < -0.4 is 10.1 Å². The Labute approximate surface area is 188 Å². The first-order valence-electron chi connectivity index (χ1n) is 10.1. The summed E-state index contributed by atoms with van der Waals surface area (Å²) >= 11 is 0. The number of alkyl halides is 3. The molecule has 34 heavy (non-hydrogen) atoms. The van der Waals surface area contributed by atoms with E-state index in [4.69, 9.17) is 4.74 Å². The van der Waals surface area contributed by atoms with Crippen LogP contribution in [0.5, 0.6) is 5.75 Å². The number of benzene rings is 2. The molecule has 12 heteroatoms. The molecule has 0 heterocycles. The van der Waals surface area contributed by atoms with E-state index in [1.54, 1.807) is 0 Å². The van der Waals surface area contributed by atoms with Crippen LogP contribution in [0.25, 0.3) is 0 Å². The summed E-state index contributed by atoms with van der Waals surface area (Å²) in [5.74, 6) is -11.5. The SMILES string of the molecule is O=COc1c(C(=O)O)cc(NCc2c(F)c(F)c(C(F)(F)F)c(F)c2F)cc1C1CCCCC1. The second-order valence-corrected chi connectivity index (χ2v) is 7.76. The lowest BCUT2D eigenvalue weighted by atomic mass is 9.82. The van der Waals surface area contributed by atoms with Gasteiger partial charge in [0.15, 0.2) is 23.3 Å². The molecule has 0 radical (unpaired) electrons. The van der Waals surface area contributed by atoms with Crippen molar-refractivity contribution in [1.82, 2.24) is 0 Å². The van der Waals surface area contributed by atoms with Crippen molar-refractivity contribution < 1.29 is 50.2 Å². The van der Waals surface area contributed by atoms with Gasteiger partial charge in [-0.25, -0.2) is 22.4 Å². The smallest absolute Gasteiger partial charge is 0.422 e. The molecule has 3 rings (SSSR count). The van der Waals surface area contributed by atoms with E-state index in [2.05, 4.69) is 5.32 Å². The molecule has 1 fully saturated rings. The summed E-state index contributed by atoms with van der Waals surface area (Å²) < 4.78 is 99.4. The summed E-state index contributed by atoms with van der Waals surface area (Å²) in [7, 11) is 0. The molecule has 2 aromatic rings. The minimum atomic E-state index is -5.67. The van der Waals surface area contributed by atoms with Crippen molar-refractivity contribution in [3.8, 4) is 5.75 Å². The van der Waals surface area contributed by atoms with Gasteiger partial charge in [0, 0.05) is 23.4 Å². The zero-order valence-electron chi connectivity index (χ0n) is 17.4. The average molecular weight is 493 g/mol. The third kappa shape index (κ3) is 4.95. The van der Waals surface area contributed by atoms with Gasteiger partial charge in [0.05, 0.1) is 0 Å². The zero-order valence-corrected chi connectivity index (χ0v) is 17.4. The van der Waals surface area contributed by atoms with Gasteiger partial charge in [0.2, 0.25) is 0 Å². The van der Waals surface area contributed by atoms with Crippen LogP contribution in [0.2, 0.25) is 0 Å². The lowest BCUT2D eigenvalue weighted by molar-refractivity contribution is -0.143. The van der Waals surface area contributed by atoms with Gasteiger partial charge in [0.1, 0.15) is 16.9 Å². The van der Waals surface area contributed by atoms with Crippen molar-refractivity contribution in [3.05, 3.63) is 57.7 Å². The first kappa shape index (κ1) is 25.3. The van der Waals surface area contributed by atoms with E-state index in [0.717, 1.165) is 25.3 Å². The fourth-order valence-electron chi connectivity index (χ4n) is 4.08. The number of carbonyl (C=O) groups is 2. The van der Waals surface area contributed by atoms with Crippen LogP contribution >= 0.6 is 0 Å². The van der Waals surface area contributed by atoms with Gasteiger partial charge < -0.3 is 15.2 Å². The summed E-state index contributed by atoms with van der Waals surface area (Å²) in [6.07, 6.45) is -1.76. The largest absolute Gasteiger partial charge is 0.478 e. The van der Waals surface area contributed by atoms with E-state index in [0.29, 0.717) is 18.4 Å². The van der Waals surface area contributed by atoms with Gasteiger partial charge in [0.25, 0.3) is 6.47 Å². The van der Waals surface area contributed by atoms with Crippen LogP contribution in [0.3, 0.4) is 0 Å². The van der Waals surface area contributed by atoms with Gasteiger partial charge in [-0.15, -0.1) is 0 Å². The summed E-state index contributed by atoms with van der Waals surface area (Å²) in [6.45, 7) is -0.944. The Morgan fingerprint density at radius 1 is 1.03 bits per heavy atom. The van der Waals surface area contributed by atoms with Crippen molar-refractivity contribution in [2.75, 3.05) is 5.32 Å². The van der Waals surface area contributed by atoms with Gasteiger partial charge in [-0.2, -0.15) is 13.2 Å². The predicted molar refractivity (Wildman–Crippen MR) is 105 cm³/mol. The molecule has 2 N–H and O–H groups in total. The Morgan fingerprint density at radius 2 is 1.62 bits per heavy atom. The molecule has 0 aliphatic heterocycles. The highest BCUT2D eigenvalue weighted by Gasteiger charge is 2.42. The number of hydrogen-bond donors (Lipinski definition) is 2. The highest BCUT2D eigenvalue weighted by Crippen LogP contribution is 2.41. The van der Waals surface area contributed by atoms with Gasteiger partial charge >= 0.3 is 12.1 Å². The molecular formula is C22H18F7NO4. The fraction of sp³-hybridized carbons (Fsp3) is 0.364. The van der Waals surface area contributed by atoms with Crippen LogP contribution in [0.1, 0.15) is 65.1 Å². The second-order valence-electron chi connectivity index (χ2n) is 7.76. The van der Waals surface area contributed by atoms with E-state index in [1.165, 1.54) is 6.07 Å². The Balaban J connectivity index is 2.03. The number of carbonyl (C=O) groups excluding carboxylic acids is 1. The molecule has 0 amide bonds. The fourth-order valence-corrected chi connectivity index (χ4v) is 4.08. The van der Waals surface area contributed by atoms with Crippen LogP contribution in [-0.2, 0) is 17.5 Å². The number of rotatable bonds is 7. The van der Waals surface area contributed by atoms with Gasteiger partial charge in [-0.1, -0.05) is 19.3 Å². The van der Waals surface area contributed by atoms with E-state index in [9.17, 15) is 45.4 Å². The van der Waals surface area contributed by atoms with Crippen LogP contribution in [0.4, 0.5) is 36.4 Å². The van der Waals surface area contributed by atoms with E-state index in [-0.39, 0.29) is 23.8 Å². The maximum atomic E-state index is 14.2. The number of hydrogen-bond acceptors (Lipinski definition) is 4. The lowest BCUT2D eigenvalue weighted by Crippen LogP contribution is -2.18. The second kappa shape index (κ2) is 9.90. The number of halogens is 7. The lowest BCUT2D eigenvalue weighted by Gasteiger charge is -2.25. The highest BCUT2D eigenvalue weighted by molar-refractivity contribution is 5.93. The van der Waals surface area contributed by atoms with Crippen molar-refractivity contribution in [2.45, 2.75) is 50.7 Å². The molecule has 0 aromatic heterocycles. The summed E-state index contributed by atoms with van der Waals surface area (Å²) in [5, 5.41) is 11.9. The molecule has 0 unspecified atom stereocenters. The third-order valence-corrected chi connectivity index (χ3v) is 5.67. The van der Waals surface area contributed by atoms with Crippen LogP contribution in [0.15, 0.2) is 12.1 Å². The summed E-state index contributed by atoms with van der Waals surface area (Å²) in [6, 6.07) is 2.34. The van der Waals surface area contributed by atoms with E-state index in [1.807, 2.05) is 0 Å². The van der Waals surface area contributed by atoms with Crippen molar-refractivity contribution in [3.63, 3.8) is 0 Å². The van der Waals surface area contributed by atoms with E-state index < -0.39 is 58.6 Å². The van der Waals surface area contributed by atoms with E-state index >= 15 is 0 Å². The minimum Gasteiger partial charge on any atom is -0.478 e. The molecular weight excluding hydrogens is 475 g/mol. The molecule has 0 saturated heterocycles. The van der Waals surface area contributed by atoms with Crippen LogP contribution in [-0.4, -0.2) is 17.5 Å². The molecule has 5 nitrogen and oxygen atoms in total. The minimum absolute atomic E-state index is 0.0553. The Morgan fingerprint density at radius 3 is 2.12 bits per heavy atom. The van der Waals surface area contributed by atoms with Gasteiger partial charge in [-0.3, -0.25) is 4.79 Å². The molecule has 0 bridgehead atoms. The molecule has 0 atom stereocenters. The monoisotopic (exact) mass is 493 g/mol. The van der Waals surface area contributed by atoms with Crippen LogP contribution in [0, 0.1) is 23.3 Å². The summed E-state index contributed by atoms with van der Waals surface area (Å²) in [5.41, 5.74) is -4.21. The number of nitrogens with one attached hydrogen (secondary N) is 1. The maximum Gasteiger partial charge on any atom is 0.422 e.